The molecule has 368 valence electrons. The maximum atomic E-state index is 15.0. The van der Waals surface area contributed by atoms with Gasteiger partial charge in [0, 0.05) is 11.5 Å². The van der Waals surface area contributed by atoms with Crippen molar-refractivity contribution in [3.8, 4) is 0 Å². The van der Waals surface area contributed by atoms with Crippen LogP contribution in [0.5, 0.6) is 0 Å². The Morgan fingerprint density at radius 1 is 0.451 bits per heavy atom. The van der Waals surface area contributed by atoms with Gasteiger partial charge in [0.05, 0.1) is 52.3 Å². The summed E-state index contributed by atoms with van der Waals surface area (Å²) in [4.78, 5) is 31.3. The number of benzene rings is 6. The lowest BCUT2D eigenvalue weighted by Crippen LogP contribution is -2.66. The summed E-state index contributed by atoms with van der Waals surface area (Å²) in [6, 6.07) is 57.1. The SMILES string of the molecule is [N-]=[N+]=NC[C@@H]1O[C@H](C(=O)NC[C@@H]2O[C@H](C(=O)O)[C@@H](OCc3ccccc3)[C@H](OCc3ccccc3)[C@H]2OCc2ccccc2)[C@@H](OCc2ccccc2)[C@H](OCc2ccccc2)[C@H]1OCc1ccccc1. The minimum Gasteiger partial charge on any atom is -0.479 e. The van der Waals surface area contributed by atoms with E-state index >= 15 is 4.79 Å². The molecule has 0 bridgehead atoms. The standard InChI is InChI=1S/C56H58N4O11/c57-60-59-32-46-48(65-34-40-21-9-2-10-22-40)49(66-35-41-23-11-3-12-24-41)51(68-37-43-27-15-5-16-28-43)53(70-46)55(61)58-31-45-47(64-33-39-19-7-1-8-20-39)50(67-36-42-25-13-4-14-26-42)52(54(71-45)56(62)63)69-38-44-29-17-6-18-30-44/h1-30,45-54H,31-38H2,(H,58,61)(H,62,63)/t45-,46-,47-,48-,49+,50+,51-,52-,53-,54-/m0/s1. The molecule has 6 aromatic carbocycles. The maximum Gasteiger partial charge on any atom is 0.335 e. The normalized spacial score (nSPS) is 24.1. The Bertz CT molecular complexity index is 2560. The number of azide groups is 1. The van der Waals surface area contributed by atoms with Crippen molar-refractivity contribution in [3.05, 3.63) is 226 Å². The molecule has 10 atom stereocenters. The third-order valence-corrected chi connectivity index (χ3v) is 12.3. The van der Waals surface area contributed by atoms with Crippen molar-refractivity contribution in [2.75, 3.05) is 13.1 Å². The Balaban J connectivity index is 1.11. The topological polar surface area (TPSA) is 189 Å². The van der Waals surface area contributed by atoms with Gasteiger partial charge in [0.1, 0.15) is 42.7 Å². The lowest BCUT2D eigenvalue weighted by molar-refractivity contribution is -0.265. The number of aliphatic carboxylic acids is 1. The number of ether oxygens (including phenoxy) is 8. The highest BCUT2D eigenvalue weighted by atomic mass is 16.6. The van der Waals surface area contributed by atoms with Gasteiger partial charge >= 0.3 is 5.97 Å². The molecule has 2 saturated heterocycles. The Morgan fingerprint density at radius 2 is 0.746 bits per heavy atom. The number of nitrogens with zero attached hydrogens (tertiary/aromatic N) is 3. The number of carboxylic acids is 1. The molecule has 71 heavy (non-hydrogen) atoms. The highest BCUT2D eigenvalue weighted by Crippen LogP contribution is 2.33. The molecule has 8 rings (SSSR count). The number of carboxylic acid groups (broad SMARTS) is 1. The van der Waals surface area contributed by atoms with Gasteiger partial charge in [0.2, 0.25) is 0 Å². The third-order valence-electron chi connectivity index (χ3n) is 12.3. The second-order valence-electron chi connectivity index (χ2n) is 17.3. The van der Waals surface area contributed by atoms with Crippen molar-refractivity contribution in [2.24, 2.45) is 5.11 Å². The quantitative estimate of drug-likeness (QED) is 0.0336. The monoisotopic (exact) mass is 962 g/mol. The van der Waals surface area contributed by atoms with E-state index in [0.717, 1.165) is 33.4 Å². The molecule has 0 aliphatic carbocycles. The van der Waals surface area contributed by atoms with E-state index < -0.39 is 72.9 Å². The minimum atomic E-state index is -1.53. The molecule has 2 aliphatic rings. The van der Waals surface area contributed by atoms with Gasteiger partial charge in [-0.3, -0.25) is 4.79 Å². The molecule has 2 aliphatic heterocycles. The van der Waals surface area contributed by atoms with Crippen LogP contribution in [-0.2, 0) is 87.1 Å². The van der Waals surface area contributed by atoms with Gasteiger partial charge in [-0.1, -0.05) is 187 Å². The summed E-state index contributed by atoms with van der Waals surface area (Å²) in [6.07, 6.45) is -10.9. The molecular formula is C56H58N4O11. The number of hydrogen-bond donors (Lipinski definition) is 2. The minimum absolute atomic E-state index is 0.0701. The first-order chi connectivity index (χ1) is 34.9. The fourth-order valence-electron chi connectivity index (χ4n) is 8.72. The van der Waals surface area contributed by atoms with E-state index in [9.17, 15) is 15.4 Å². The molecule has 1 amide bonds. The van der Waals surface area contributed by atoms with Gasteiger partial charge in [-0.25, -0.2) is 4.79 Å². The van der Waals surface area contributed by atoms with E-state index in [1.165, 1.54) is 0 Å². The average Bonchev–Trinajstić information content (AvgIpc) is 3.42. The summed E-state index contributed by atoms with van der Waals surface area (Å²) in [5.41, 5.74) is 14.7. The predicted molar refractivity (Wildman–Crippen MR) is 262 cm³/mol. The Morgan fingerprint density at radius 3 is 1.08 bits per heavy atom. The predicted octanol–water partition coefficient (Wildman–Crippen LogP) is 8.54. The van der Waals surface area contributed by atoms with E-state index in [2.05, 4.69) is 15.3 Å². The lowest BCUT2D eigenvalue weighted by atomic mass is 9.92. The van der Waals surface area contributed by atoms with E-state index in [1.807, 2.05) is 182 Å². The number of nitrogens with one attached hydrogen (secondary N) is 1. The van der Waals surface area contributed by atoms with Crippen LogP contribution in [0.1, 0.15) is 33.4 Å². The fraction of sp³-hybridized carbons (Fsp3) is 0.321. The smallest absolute Gasteiger partial charge is 0.335 e. The van der Waals surface area contributed by atoms with Crippen molar-refractivity contribution in [3.63, 3.8) is 0 Å². The summed E-state index contributed by atoms with van der Waals surface area (Å²) in [5, 5.41) is 17.7. The second-order valence-corrected chi connectivity index (χ2v) is 17.3. The number of hydrogen-bond acceptors (Lipinski definition) is 11. The van der Waals surface area contributed by atoms with Gasteiger partial charge in [0.25, 0.3) is 5.91 Å². The zero-order valence-corrected chi connectivity index (χ0v) is 39.1. The van der Waals surface area contributed by atoms with Crippen LogP contribution >= 0.6 is 0 Å². The Kier molecular flexibility index (Phi) is 18.9. The second kappa shape index (κ2) is 26.5. The lowest BCUT2D eigenvalue weighted by Gasteiger charge is -2.46. The molecule has 15 nitrogen and oxygen atoms in total. The molecule has 0 unspecified atom stereocenters. The number of amides is 1. The fourth-order valence-corrected chi connectivity index (χ4v) is 8.72. The molecule has 6 aromatic rings. The van der Waals surface area contributed by atoms with E-state index in [-0.39, 0.29) is 52.7 Å². The molecule has 0 saturated carbocycles. The molecule has 15 heteroatoms. The zero-order valence-electron chi connectivity index (χ0n) is 39.1. The zero-order chi connectivity index (χ0) is 49.0. The van der Waals surface area contributed by atoms with Crippen LogP contribution in [0, 0.1) is 0 Å². The van der Waals surface area contributed by atoms with Crippen molar-refractivity contribution < 1.29 is 52.6 Å². The first-order valence-corrected chi connectivity index (χ1v) is 23.7. The van der Waals surface area contributed by atoms with Gasteiger partial charge in [-0.15, -0.1) is 0 Å². The molecule has 0 spiro atoms. The molecule has 2 fully saturated rings. The number of carbonyl (C=O) groups is 2. The molecule has 2 N–H and O–H groups in total. The van der Waals surface area contributed by atoms with Crippen LogP contribution in [0.3, 0.4) is 0 Å². The Labute approximate surface area is 413 Å². The first-order valence-electron chi connectivity index (χ1n) is 23.7. The largest absolute Gasteiger partial charge is 0.479 e. The number of rotatable bonds is 24. The van der Waals surface area contributed by atoms with Crippen LogP contribution < -0.4 is 5.32 Å². The Hall–Kier alpha value is -6.75. The van der Waals surface area contributed by atoms with E-state index in [4.69, 9.17) is 37.9 Å². The molecule has 0 radical (unpaired) electrons. The van der Waals surface area contributed by atoms with Crippen LogP contribution in [-0.4, -0.2) is 91.1 Å². The molecular weight excluding hydrogens is 905 g/mol. The van der Waals surface area contributed by atoms with Crippen LogP contribution in [0.2, 0.25) is 0 Å². The van der Waals surface area contributed by atoms with Crippen LogP contribution in [0.25, 0.3) is 10.4 Å². The molecule has 0 aromatic heterocycles. The number of carbonyl (C=O) groups excluding carboxylic acids is 1. The first kappa shape index (κ1) is 50.6. The average molecular weight is 963 g/mol. The van der Waals surface area contributed by atoms with Crippen molar-refractivity contribution >= 4 is 11.9 Å². The summed E-state index contributed by atoms with van der Waals surface area (Å²) >= 11 is 0. The maximum absolute atomic E-state index is 15.0. The summed E-state index contributed by atoms with van der Waals surface area (Å²) in [6.45, 7) is 0.233. The highest BCUT2D eigenvalue weighted by molar-refractivity contribution is 5.82. The van der Waals surface area contributed by atoms with Crippen LogP contribution in [0.15, 0.2) is 187 Å². The van der Waals surface area contributed by atoms with E-state index in [1.54, 1.807) is 0 Å². The van der Waals surface area contributed by atoms with Crippen molar-refractivity contribution in [1.29, 1.82) is 0 Å². The highest BCUT2D eigenvalue weighted by Gasteiger charge is 2.53. The summed E-state index contributed by atoms with van der Waals surface area (Å²) in [7, 11) is 0. The van der Waals surface area contributed by atoms with Gasteiger partial charge < -0.3 is 48.3 Å². The van der Waals surface area contributed by atoms with Crippen molar-refractivity contribution in [1.82, 2.24) is 5.32 Å². The van der Waals surface area contributed by atoms with Gasteiger partial charge in [-0.2, -0.15) is 0 Å². The van der Waals surface area contributed by atoms with Gasteiger partial charge in [0.15, 0.2) is 12.2 Å². The molecule has 2 heterocycles. The third kappa shape index (κ3) is 14.4. The summed E-state index contributed by atoms with van der Waals surface area (Å²) < 4.78 is 53.0. The van der Waals surface area contributed by atoms with Crippen molar-refractivity contribution in [2.45, 2.75) is 101 Å². The van der Waals surface area contributed by atoms with Gasteiger partial charge in [-0.05, 0) is 38.9 Å². The summed E-state index contributed by atoms with van der Waals surface area (Å²) in [5.74, 6) is -1.90. The van der Waals surface area contributed by atoms with E-state index in [0.29, 0.717) is 0 Å². The van der Waals surface area contributed by atoms with Crippen LogP contribution in [0.4, 0.5) is 0 Å².